The van der Waals surface area contributed by atoms with E-state index in [1.54, 1.807) is 0 Å². The SMILES string of the molecule is CCCCC(C)NC1CCCN(C(=O)OC(C)(C)C)CC1. The molecule has 21 heavy (non-hydrogen) atoms. The van der Waals surface area contributed by atoms with Crippen LogP contribution in [0.15, 0.2) is 0 Å². The van der Waals surface area contributed by atoms with Gasteiger partial charge in [-0.25, -0.2) is 4.79 Å². The van der Waals surface area contributed by atoms with E-state index in [1.165, 1.54) is 19.3 Å². The highest BCUT2D eigenvalue weighted by molar-refractivity contribution is 5.68. The summed E-state index contributed by atoms with van der Waals surface area (Å²) < 4.78 is 5.47. The van der Waals surface area contributed by atoms with Gasteiger partial charge in [-0.2, -0.15) is 0 Å². The number of hydrogen-bond acceptors (Lipinski definition) is 3. The fourth-order valence-electron chi connectivity index (χ4n) is 2.77. The van der Waals surface area contributed by atoms with Crippen LogP contribution in [-0.2, 0) is 4.74 Å². The van der Waals surface area contributed by atoms with Crippen molar-refractivity contribution in [1.29, 1.82) is 0 Å². The molecule has 0 aromatic heterocycles. The van der Waals surface area contributed by atoms with Crippen LogP contribution < -0.4 is 5.32 Å². The Morgan fingerprint density at radius 1 is 1.33 bits per heavy atom. The van der Waals surface area contributed by atoms with Crippen LogP contribution >= 0.6 is 0 Å². The number of ether oxygens (including phenoxy) is 1. The van der Waals surface area contributed by atoms with Gasteiger partial charge in [-0.05, 0) is 53.4 Å². The Morgan fingerprint density at radius 3 is 2.67 bits per heavy atom. The van der Waals surface area contributed by atoms with Gasteiger partial charge >= 0.3 is 6.09 Å². The quantitative estimate of drug-likeness (QED) is 0.835. The third-order valence-corrected chi connectivity index (χ3v) is 3.89. The van der Waals surface area contributed by atoms with Crippen molar-refractivity contribution in [2.75, 3.05) is 13.1 Å². The van der Waals surface area contributed by atoms with Gasteiger partial charge in [0.2, 0.25) is 0 Å². The van der Waals surface area contributed by atoms with E-state index >= 15 is 0 Å². The number of hydrogen-bond donors (Lipinski definition) is 1. The molecule has 4 heteroatoms. The van der Waals surface area contributed by atoms with Gasteiger partial charge in [-0.15, -0.1) is 0 Å². The van der Waals surface area contributed by atoms with Crippen molar-refractivity contribution in [2.24, 2.45) is 0 Å². The predicted molar refractivity (Wildman–Crippen MR) is 87.6 cm³/mol. The summed E-state index contributed by atoms with van der Waals surface area (Å²) in [5.41, 5.74) is -0.407. The molecular formula is C17H34N2O2. The molecule has 0 saturated carbocycles. The second-order valence-electron chi connectivity index (χ2n) is 7.31. The number of nitrogens with one attached hydrogen (secondary N) is 1. The van der Waals surface area contributed by atoms with Gasteiger partial charge in [0.25, 0.3) is 0 Å². The maximum absolute atomic E-state index is 12.1. The zero-order valence-electron chi connectivity index (χ0n) is 14.6. The summed E-state index contributed by atoms with van der Waals surface area (Å²) in [6.07, 6.45) is 6.84. The van der Waals surface area contributed by atoms with Crippen LogP contribution in [0, 0.1) is 0 Å². The van der Waals surface area contributed by atoms with Crippen LogP contribution in [-0.4, -0.2) is 41.8 Å². The summed E-state index contributed by atoms with van der Waals surface area (Å²) >= 11 is 0. The lowest BCUT2D eigenvalue weighted by Gasteiger charge is -2.26. The Kier molecular flexibility index (Phi) is 7.50. The monoisotopic (exact) mass is 298 g/mol. The molecular weight excluding hydrogens is 264 g/mol. The predicted octanol–water partition coefficient (Wildman–Crippen LogP) is 3.94. The second-order valence-corrected chi connectivity index (χ2v) is 7.31. The fraction of sp³-hybridized carbons (Fsp3) is 0.941. The second kappa shape index (κ2) is 8.62. The van der Waals surface area contributed by atoms with E-state index in [2.05, 4.69) is 19.2 Å². The minimum absolute atomic E-state index is 0.165. The first-order valence-corrected chi connectivity index (χ1v) is 8.55. The number of amides is 1. The molecule has 1 heterocycles. The van der Waals surface area contributed by atoms with Crippen LogP contribution in [0.25, 0.3) is 0 Å². The van der Waals surface area contributed by atoms with E-state index in [1.807, 2.05) is 25.7 Å². The number of carbonyl (C=O) groups excluding carboxylic acids is 1. The van der Waals surface area contributed by atoms with Crippen molar-refractivity contribution < 1.29 is 9.53 Å². The Bertz CT molecular complexity index is 312. The maximum Gasteiger partial charge on any atom is 0.410 e. The van der Waals surface area contributed by atoms with Crippen LogP contribution in [0.2, 0.25) is 0 Å². The molecule has 1 amide bonds. The average Bonchev–Trinajstić information content (AvgIpc) is 2.60. The Balaban J connectivity index is 2.38. The smallest absolute Gasteiger partial charge is 0.410 e. The summed E-state index contributed by atoms with van der Waals surface area (Å²) in [7, 11) is 0. The van der Waals surface area contributed by atoms with E-state index in [-0.39, 0.29) is 6.09 Å². The van der Waals surface area contributed by atoms with E-state index in [4.69, 9.17) is 4.74 Å². The van der Waals surface area contributed by atoms with Gasteiger partial charge in [-0.3, -0.25) is 0 Å². The molecule has 2 unspecified atom stereocenters. The zero-order chi connectivity index (χ0) is 15.9. The highest BCUT2D eigenvalue weighted by atomic mass is 16.6. The molecule has 1 fully saturated rings. The summed E-state index contributed by atoms with van der Waals surface area (Å²) in [5, 5.41) is 3.72. The van der Waals surface area contributed by atoms with Crippen LogP contribution in [0.1, 0.15) is 73.1 Å². The number of rotatable bonds is 5. The molecule has 1 aliphatic rings. The zero-order valence-corrected chi connectivity index (χ0v) is 14.6. The minimum Gasteiger partial charge on any atom is -0.444 e. The number of likely N-dealkylation sites (tertiary alicyclic amines) is 1. The molecule has 1 N–H and O–H groups in total. The third kappa shape index (κ3) is 7.70. The standard InChI is InChI=1S/C17H34N2O2/c1-6-7-9-14(2)18-15-10-8-12-19(13-11-15)16(20)21-17(3,4)5/h14-15,18H,6-13H2,1-5H3. The number of unbranched alkanes of at least 4 members (excludes halogenated alkanes) is 1. The van der Waals surface area contributed by atoms with Gasteiger partial charge in [-0.1, -0.05) is 19.8 Å². The molecule has 1 aliphatic heterocycles. The maximum atomic E-state index is 12.1. The molecule has 1 rings (SSSR count). The Hall–Kier alpha value is -0.770. The first-order valence-electron chi connectivity index (χ1n) is 8.55. The average molecular weight is 298 g/mol. The van der Waals surface area contributed by atoms with E-state index in [0.29, 0.717) is 12.1 Å². The van der Waals surface area contributed by atoms with Gasteiger partial charge in [0.1, 0.15) is 5.60 Å². The highest BCUT2D eigenvalue weighted by Crippen LogP contribution is 2.16. The third-order valence-electron chi connectivity index (χ3n) is 3.89. The van der Waals surface area contributed by atoms with Gasteiger partial charge in [0.05, 0.1) is 0 Å². The van der Waals surface area contributed by atoms with Crippen LogP contribution in [0.3, 0.4) is 0 Å². The van der Waals surface area contributed by atoms with Crippen molar-refractivity contribution in [3.05, 3.63) is 0 Å². The van der Waals surface area contributed by atoms with Crippen molar-refractivity contribution in [2.45, 2.75) is 90.8 Å². The lowest BCUT2D eigenvalue weighted by atomic mass is 10.1. The van der Waals surface area contributed by atoms with Crippen molar-refractivity contribution in [1.82, 2.24) is 10.2 Å². The molecule has 0 bridgehead atoms. The summed E-state index contributed by atoms with van der Waals surface area (Å²) in [5.74, 6) is 0. The molecule has 4 nitrogen and oxygen atoms in total. The molecule has 0 aliphatic carbocycles. The molecule has 1 saturated heterocycles. The molecule has 2 atom stereocenters. The first-order chi connectivity index (χ1) is 9.81. The van der Waals surface area contributed by atoms with E-state index in [0.717, 1.165) is 32.4 Å². The normalized spacial score (nSPS) is 21.8. The summed E-state index contributed by atoms with van der Waals surface area (Å²) in [4.78, 5) is 14.0. The molecule has 0 aromatic rings. The highest BCUT2D eigenvalue weighted by Gasteiger charge is 2.25. The van der Waals surface area contributed by atoms with E-state index in [9.17, 15) is 4.79 Å². The first kappa shape index (κ1) is 18.3. The fourth-order valence-corrected chi connectivity index (χ4v) is 2.77. The lowest BCUT2D eigenvalue weighted by Crippen LogP contribution is -2.39. The lowest BCUT2D eigenvalue weighted by molar-refractivity contribution is 0.0256. The van der Waals surface area contributed by atoms with Gasteiger partial charge < -0.3 is 15.0 Å². The Morgan fingerprint density at radius 2 is 2.05 bits per heavy atom. The molecule has 124 valence electrons. The number of carbonyl (C=O) groups is 1. The topological polar surface area (TPSA) is 41.6 Å². The van der Waals surface area contributed by atoms with Crippen molar-refractivity contribution in [3.63, 3.8) is 0 Å². The van der Waals surface area contributed by atoms with Crippen molar-refractivity contribution in [3.8, 4) is 0 Å². The largest absolute Gasteiger partial charge is 0.444 e. The van der Waals surface area contributed by atoms with Gasteiger partial charge in [0.15, 0.2) is 0 Å². The van der Waals surface area contributed by atoms with Crippen molar-refractivity contribution >= 4 is 6.09 Å². The molecule has 0 aromatic carbocycles. The Labute approximate surface area is 130 Å². The van der Waals surface area contributed by atoms with Crippen LogP contribution in [0.5, 0.6) is 0 Å². The van der Waals surface area contributed by atoms with Crippen LogP contribution in [0.4, 0.5) is 4.79 Å². The molecule has 0 spiro atoms. The van der Waals surface area contributed by atoms with Gasteiger partial charge in [0, 0.05) is 25.2 Å². The summed E-state index contributed by atoms with van der Waals surface area (Å²) in [6.45, 7) is 11.9. The summed E-state index contributed by atoms with van der Waals surface area (Å²) in [6, 6.07) is 1.10. The van der Waals surface area contributed by atoms with E-state index < -0.39 is 5.60 Å². The minimum atomic E-state index is -0.407. The number of nitrogens with zero attached hydrogens (tertiary/aromatic N) is 1. The molecule has 0 radical (unpaired) electrons.